The normalized spacial score (nSPS) is 13.0. The van der Waals surface area contributed by atoms with Crippen LogP contribution in [0.15, 0.2) is 29.3 Å². The van der Waals surface area contributed by atoms with E-state index in [9.17, 15) is 8.42 Å². The van der Waals surface area contributed by atoms with Crippen LogP contribution < -0.4 is 10.6 Å². The highest BCUT2D eigenvalue weighted by molar-refractivity contribution is 7.90. The monoisotopic (exact) mass is 353 g/mol. The van der Waals surface area contributed by atoms with E-state index in [0.717, 1.165) is 19.5 Å². The van der Waals surface area contributed by atoms with Gasteiger partial charge in [0.25, 0.3) is 0 Å². The van der Waals surface area contributed by atoms with Gasteiger partial charge in [-0.2, -0.15) is 0 Å². The third-order valence-electron chi connectivity index (χ3n) is 3.60. The van der Waals surface area contributed by atoms with Crippen molar-refractivity contribution in [3.8, 4) is 0 Å². The van der Waals surface area contributed by atoms with Gasteiger partial charge in [-0.15, -0.1) is 0 Å². The molecule has 1 rings (SSSR count). The second-order valence-electron chi connectivity index (χ2n) is 7.01. The number of sulfone groups is 1. The second kappa shape index (κ2) is 9.06. The minimum absolute atomic E-state index is 0.0673. The van der Waals surface area contributed by atoms with Crippen molar-refractivity contribution in [3.05, 3.63) is 35.4 Å². The summed E-state index contributed by atoms with van der Waals surface area (Å²) in [5.74, 6) is 0.727. The van der Waals surface area contributed by atoms with Gasteiger partial charge in [0.05, 0.1) is 12.3 Å². The second-order valence-corrected chi connectivity index (χ2v) is 9.27. The van der Waals surface area contributed by atoms with Gasteiger partial charge in [0.1, 0.15) is 9.84 Å². The Labute approximate surface area is 146 Å². The van der Waals surface area contributed by atoms with E-state index in [0.29, 0.717) is 5.96 Å². The molecule has 0 atom stereocenters. The predicted octanol–water partition coefficient (Wildman–Crippen LogP) is 2.13. The highest BCUT2D eigenvalue weighted by Gasteiger charge is 2.12. The molecule has 6 heteroatoms. The molecule has 0 aliphatic rings. The molecule has 1 aromatic rings. The van der Waals surface area contributed by atoms with Crippen molar-refractivity contribution < 1.29 is 8.42 Å². The highest BCUT2D eigenvalue weighted by atomic mass is 32.2. The molecule has 136 valence electrons. The van der Waals surface area contributed by atoms with Crippen LogP contribution in [0.4, 0.5) is 0 Å². The van der Waals surface area contributed by atoms with E-state index in [2.05, 4.69) is 60.7 Å². The Morgan fingerprint density at radius 2 is 1.75 bits per heavy atom. The maximum absolute atomic E-state index is 11.2. The molecular weight excluding hydrogens is 322 g/mol. The number of rotatable bonds is 7. The molecule has 0 radical (unpaired) electrons. The van der Waals surface area contributed by atoms with Gasteiger partial charge >= 0.3 is 0 Å². The van der Waals surface area contributed by atoms with Crippen LogP contribution >= 0.6 is 0 Å². The van der Waals surface area contributed by atoms with Crippen LogP contribution in [0.25, 0.3) is 0 Å². The van der Waals surface area contributed by atoms with Crippen molar-refractivity contribution in [1.82, 2.24) is 10.6 Å². The molecule has 0 aliphatic heterocycles. The average molecular weight is 354 g/mol. The van der Waals surface area contributed by atoms with Crippen LogP contribution in [0, 0.1) is 0 Å². The molecule has 0 unspecified atom stereocenters. The van der Waals surface area contributed by atoms with E-state index in [1.807, 2.05) is 6.92 Å². The largest absolute Gasteiger partial charge is 0.357 e. The molecule has 0 spiro atoms. The summed E-state index contributed by atoms with van der Waals surface area (Å²) in [5, 5.41) is 6.37. The van der Waals surface area contributed by atoms with E-state index >= 15 is 0 Å². The predicted molar refractivity (Wildman–Crippen MR) is 103 cm³/mol. The van der Waals surface area contributed by atoms with Crippen molar-refractivity contribution in [3.63, 3.8) is 0 Å². The Morgan fingerprint density at radius 1 is 1.12 bits per heavy atom. The maximum Gasteiger partial charge on any atom is 0.191 e. The van der Waals surface area contributed by atoms with Crippen LogP contribution in [0.2, 0.25) is 0 Å². The molecular formula is C18H31N3O2S. The zero-order valence-corrected chi connectivity index (χ0v) is 16.3. The Morgan fingerprint density at radius 3 is 2.25 bits per heavy atom. The number of benzene rings is 1. The zero-order chi connectivity index (χ0) is 18.2. The van der Waals surface area contributed by atoms with Gasteiger partial charge in [0.15, 0.2) is 5.96 Å². The van der Waals surface area contributed by atoms with Gasteiger partial charge in [-0.1, -0.05) is 45.0 Å². The molecule has 0 bridgehead atoms. The first-order chi connectivity index (χ1) is 11.1. The van der Waals surface area contributed by atoms with Crippen molar-refractivity contribution in [2.24, 2.45) is 4.99 Å². The first kappa shape index (κ1) is 20.5. The molecule has 0 aliphatic carbocycles. The molecule has 0 heterocycles. The lowest BCUT2D eigenvalue weighted by Gasteiger charge is -2.19. The summed E-state index contributed by atoms with van der Waals surface area (Å²) >= 11 is 0. The molecule has 24 heavy (non-hydrogen) atoms. The summed E-state index contributed by atoms with van der Waals surface area (Å²) in [7, 11) is -2.98. The number of nitrogens with one attached hydrogen (secondary N) is 2. The summed E-state index contributed by atoms with van der Waals surface area (Å²) in [6, 6.07) is 8.69. The van der Waals surface area contributed by atoms with Crippen LogP contribution in [-0.4, -0.2) is 46.0 Å². The number of aliphatic imine (C=N–C) groups is 1. The Balaban J connectivity index is 2.51. The first-order valence-corrected chi connectivity index (χ1v) is 10.5. The van der Waals surface area contributed by atoms with Gasteiger partial charge < -0.3 is 10.6 Å². The van der Waals surface area contributed by atoms with E-state index in [4.69, 9.17) is 0 Å². The Hall–Kier alpha value is -1.56. The minimum atomic E-state index is -2.98. The number of hydrogen-bond acceptors (Lipinski definition) is 3. The average Bonchev–Trinajstić information content (AvgIpc) is 2.45. The van der Waals surface area contributed by atoms with E-state index in [-0.39, 0.29) is 17.7 Å². The Bertz CT molecular complexity index is 629. The summed E-state index contributed by atoms with van der Waals surface area (Å²) in [5.41, 5.74) is 2.76. The van der Waals surface area contributed by atoms with Crippen molar-refractivity contribution in [2.45, 2.75) is 39.5 Å². The van der Waals surface area contributed by atoms with E-state index < -0.39 is 9.84 Å². The van der Waals surface area contributed by atoms with E-state index in [1.165, 1.54) is 17.4 Å². The van der Waals surface area contributed by atoms with Gasteiger partial charge in [0, 0.05) is 19.3 Å². The van der Waals surface area contributed by atoms with Crippen LogP contribution in [0.5, 0.6) is 0 Å². The molecule has 0 saturated heterocycles. The molecule has 0 amide bonds. The summed E-state index contributed by atoms with van der Waals surface area (Å²) in [6.07, 6.45) is 2.12. The van der Waals surface area contributed by atoms with Crippen molar-refractivity contribution in [1.29, 1.82) is 0 Å². The fourth-order valence-electron chi connectivity index (χ4n) is 2.16. The topological polar surface area (TPSA) is 70.6 Å². The molecule has 2 N–H and O–H groups in total. The van der Waals surface area contributed by atoms with Crippen LogP contribution in [0.1, 0.15) is 38.8 Å². The molecule has 0 fully saturated rings. The number of hydrogen-bond donors (Lipinski definition) is 2. The molecule has 5 nitrogen and oxygen atoms in total. The lowest BCUT2D eigenvalue weighted by Crippen LogP contribution is -2.38. The Kier molecular flexibility index (Phi) is 7.73. The lowest BCUT2D eigenvalue weighted by atomic mass is 9.86. The fourth-order valence-corrected chi connectivity index (χ4v) is 2.58. The lowest BCUT2D eigenvalue weighted by molar-refractivity contribution is 0.590. The number of guanidine groups is 1. The van der Waals surface area contributed by atoms with Gasteiger partial charge in [0.2, 0.25) is 0 Å². The quantitative estimate of drug-likeness (QED) is 0.582. The van der Waals surface area contributed by atoms with Crippen molar-refractivity contribution >= 4 is 15.8 Å². The number of nitrogens with zero attached hydrogens (tertiary/aromatic N) is 1. The minimum Gasteiger partial charge on any atom is -0.357 e. The van der Waals surface area contributed by atoms with Gasteiger partial charge in [-0.05, 0) is 29.9 Å². The standard InChI is InChI=1S/C18H31N3O2S/c1-6-19-17(21-13-14-24(5,22)23)20-12-11-15-7-9-16(10-8-15)18(2,3)4/h7-10H,6,11-14H2,1-5H3,(H2,19,20,21). The summed E-state index contributed by atoms with van der Waals surface area (Å²) in [6.45, 7) is 10.4. The SMILES string of the molecule is CCNC(=NCCS(C)(=O)=O)NCCc1ccc(C(C)(C)C)cc1. The first-order valence-electron chi connectivity index (χ1n) is 8.41. The molecule has 0 saturated carbocycles. The third kappa shape index (κ3) is 8.34. The highest BCUT2D eigenvalue weighted by Crippen LogP contribution is 2.22. The van der Waals surface area contributed by atoms with Crippen molar-refractivity contribution in [2.75, 3.05) is 31.6 Å². The van der Waals surface area contributed by atoms with Gasteiger partial charge in [-0.25, -0.2) is 8.42 Å². The smallest absolute Gasteiger partial charge is 0.191 e. The maximum atomic E-state index is 11.2. The zero-order valence-electron chi connectivity index (χ0n) is 15.5. The van der Waals surface area contributed by atoms with Gasteiger partial charge in [-0.3, -0.25) is 4.99 Å². The molecule has 0 aromatic heterocycles. The third-order valence-corrected chi connectivity index (χ3v) is 4.53. The van der Waals surface area contributed by atoms with Crippen LogP contribution in [0.3, 0.4) is 0 Å². The fraction of sp³-hybridized carbons (Fsp3) is 0.611. The van der Waals surface area contributed by atoms with Crippen LogP contribution in [-0.2, 0) is 21.7 Å². The molecule has 1 aromatic carbocycles. The summed E-state index contributed by atoms with van der Waals surface area (Å²) in [4.78, 5) is 4.29. The summed E-state index contributed by atoms with van der Waals surface area (Å²) < 4.78 is 22.3. The van der Waals surface area contributed by atoms with E-state index in [1.54, 1.807) is 0 Å².